The van der Waals surface area contributed by atoms with Crippen LogP contribution in [0.3, 0.4) is 0 Å². The largest absolute Gasteiger partial charge is 0.477 e. The minimum absolute atomic E-state index is 0.0290. The van der Waals surface area contributed by atoms with Crippen LogP contribution in [0, 0.1) is 0 Å². The summed E-state index contributed by atoms with van der Waals surface area (Å²) in [5.74, 6) is -1.62. The van der Waals surface area contributed by atoms with E-state index in [0.717, 1.165) is 0 Å². The second-order valence-electron chi connectivity index (χ2n) is 12.0. The molecular weight excluding hydrogens is 566 g/mol. The van der Waals surface area contributed by atoms with Crippen LogP contribution in [0.4, 0.5) is 10.5 Å². The minimum atomic E-state index is -1.07. The molecule has 0 bridgehead atoms. The van der Waals surface area contributed by atoms with Crippen molar-refractivity contribution in [1.29, 1.82) is 0 Å². The quantitative estimate of drug-likeness (QED) is 0.242. The number of ketones is 3. The summed E-state index contributed by atoms with van der Waals surface area (Å²) < 4.78 is 11.7. The van der Waals surface area contributed by atoms with Crippen LogP contribution >= 0.6 is 0 Å². The summed E-state index contributed by atoms with van der Waals surface area (Å²) >= 11 is 0. The molecule has 232 valence electrons. The van der Waals surface area contributed by atoms with Crippen LogP contribution in [0.5, 0.6) is 0 Å². The predicted molar refractivity (Wildman–Crippen MR) is 163 cm³/mol. The molecule has 0 fully saturated rings. The number of hydrogen-bond donors (Lipinski definition) is 2. The van der Waals surface area contributed by atoms with Crippen LogP contribution < -0.4 is 5.32 Å². The summed E-state index contributed by atoms with van der Waals surface area (Å²) in [4.78, 5) is 62.7. The molecular formula is C32H37N5O7. The van der Waals surface area contributed by atoms with Gasteiger partial charge in [0.1, 0.15) is 11.3 Å². The first-order chi connectivity index (χ1) is 20.5. The number of carboxylic acids is 1. The molecule has 0 aliphatic rings. The van der Waals surface area contributed by atoms with E-state index in [9.17, 15) is 29.1 Å². The van der Waals surface area contributed by atoms with Crippen molar-refractivity contribution in [1.82, 2.24) is 18.3 Å². The van der Waals surface area contributed by atoms with Crippen molar-refractivity contribution >= 4 is 35.1 Å². The van der Waals surface area contributed by atoms with Gasteiger partial charge in [0.15, 0.2) is 17.3 Å². The number of nitrogens with zero attached hydrogens (tertiary/aromatic N) is 4. The summed E-state index contributed by atoms with van der Waals surface area (Å²) in [5, 5.41) is 11.9. The molecule has 12 nitrogen and oxygen atoms in total. The summed E-state index contributed by atoms with van der Waals surface area (Å²) in [7, 11) is 6.77. The Labute approximate surface area is 254 Å². The van der Waals surface area contributed by atoms with E-state index in [2.05, 4.69) is 5.32 Å². The Balaban J connectivity index is 1.40. The Bertz CT molecular complexity index is 1770. The standard InChI is InChI=1S/C32H37N5O7/c1-32(2,3)44-31(43)33-22-14-25(37(7)18-22)29(40)12-20-9-23(35(5)16-20)27(38)11-19-8-24(34(4)15-19)28(39)13-21-10-26(30(41)42)36(6)17-21/h8-10,14-18H,11-13H2,1-7H3,(H,33,43)(H,41,42). The van der Waals surface area contributed by atoms with Gasteiger partial charge in [-0.3, -0.25) is 19.7 Å². The normalized spacial score (nSPS) is 11.4. The number of aromatic carboxylic acids is 1. The highest BCUT2D eigenvalue weighted by molar-refractivity contribution is 6.00. The smallest absolute Gasteiger partial charge is 0.412 e. The van der Waals surface area contributed by atoms with Gasteiger partial charge in [-0.05, 0) is 61.7 Å². The highest BCUT2D eigenvalue weighted by Crippen LogP contribution is 2.20. The lowest BCUT2D eigenvalue weighted by atomic mass is 10.1. The highest BCUT2D eigenvalue weighted by Gasteiger charge is 2.21. The Hall–Kier alpha value is -5.13. The van der Waals surface area contributed by atoms with Gasteiger partial charge in [0.2, 0.25) is 0 Å². The molecule has 0 aliphatic heterocycles. The number of carboxylic acid groups (broad SMARTS) is 1. The maximum Gasteiger partial charge on any atom is 0.412 e. The summed E-state index contributed by atoms with van der Waals surface area (Å²) in [6, 6.07) is 6.42. The third-order valence-corrected chi connectivity index (χ3v) is 7.01. The van der Waals surface area contributed by atoms with Gasteiger partial charge in [-0.2, -0.15) is 0 Å². The number of hydrogen-bond acceptors (Lipinski definition) is 6. The molecule has 0 saturated heterocycles. The van der Waals surface area contributed by atoms with Gasteiger partial charge in [-0.1, -0.05) is 0 Å². The summed E-state index contributed by atoms with van der Waals surface area (Å²) in [6.45, 7) is 5.28. The number of carbonyl (C=O) groups is 5. The molecule has 4 aromatic heterocycles. The van der Waals surface area contributed by atoms with E-state index in [0.29, 0.717) is 39.5 Å². The van der Waals surface area contributed by atoms with Crippen molar-refractivity contribution in [3.05, 3.63) is 88.5 Å². The van der Waals surface area contributed by atoms with Crippen molar-refractivity contribution in [3.63, 3.8) is 0 Å². The maximum atomic E-state index is 13.2. The number of carbonyl (C=O) groups excluding carboxylic acids is 4. The van der Waals surface area contributed by atoms with Gasteiger partial charge in [0, 0.05) is 72.2 Å². The SMILES string of the molecule is Cn1cc(CC(=O)c2cc(CC(=O)c3cc(CC(=O)c4cc(NC(=O)OC(C)(C)C)cn4C)cn3C)cn2C)cc1C(=O)O. The average molecular weight is 604 g/mol. The lowest BCUT2D eigenvalue weighted by Crippen LogP contribution is -2.27. The molecule has 4 aromatic rings. The van der Waals surface area contributed by atoms with E-state index in [-0.39, 0.29) is 42.3 Å². The number of aryl methyl sites for hydroxylation is 4. The molecule has 0 saturated carbocycles. The van der Waals surface area contributed by atoms with Gasteiger partial charge < -0.3 is 28.1 Å². The highest BCUT2D eigenvalue weighted by atomic mass is 16.6. The van der Waals surface area contributed by atoms with Crippen molar-refractivity contribution in [3.8, 4) is 0 Å². The van der Waals surface area contributed by atoms with E-state index < -0.39 is 17.7 Å². The summed E-state index contributed by atoms with van der Waals surface area (Å²) in [6.07, 6.45) is 6.22. The number of anilines is 1. The van der Waals surface area contributed by atoms with Crippen molar-refractivity contribution in [2.45, 2.75) is 45.6 Å². The van der Waals surface area contributed by atoms with E-state index in [1.54, 1.807) is 106 Å². The molecule has 0 aliphatic carbocycles. The van der Waals surface area contributed by atoms with Crippen molar-refractivity contribution < 1.29 is 33.8 Å². The Kier molecular flexibility index (Phi) is 8.84. The number of amides is 1. The zero-order chi connectivity index (χ0) is 32.5. The fourth-order valence-electron chi connectivity index (χ4n) is 5.12. The van der Waals surface area contributed by atoms with Crippen LogP contribution in [0.1, 0.15) is 79.4 Å². The second kappa shape index (κ2) is 12.2. The van der Waals surface area contributed by atoms with Crippen LogP contribution in [0.15, 0.2) is 49.1 Å². The first-order valence-electron chi connectivity index (χ1n) is 14.0. The monoisotopic (exact) mass is 603 g/mol. The third kappa shape index (κ3) is 7.44. The van der Waals surface area contributed by atoms with Crippen LogP contribution in [-0.2, 0) is 52.2 Å². The molecule has 2 N–H and O–H groups in total. The maximum absolute atomic E-state index is 13.2. The lowest BCUT2D eigenvalue weighted by molar-refractivity contribution is 0.0633. The second-order valence-corrected chi connectivity index (χ2v) is 12.0. The van der Waals surface area contributed by atoms with Crippen LogP contribution in [0.2, 0.25) is 0 Å². The van der Waals surface area contributed by atoms with Crippen molar-refractivity contribution in [2.24, 2.45) is 28.2 Å². The predicted octanol–water partition coefficient (Wildman–Crippen LogP) is 4.36. The van der Waals surface area contributed by atoms with Gasteiger partial charge in [-0.15, -0.1) is 0 Å². The Morgan fingerprint density at radius 1 is 0.636 bits per heavy atom. The molecule has 44 heavy (non-hydrogen) atoms. The van der Waals surface area contributed by atoms with Crippen molar-refractivity contribution in [2.75, 3.05) is 5.32 Å². The average Bonchev–Trinajstić information content (AvgIpc) is 3.64. The van der Waals surface area contributed by atoms with E-state index >= 15 is 0 Å². The fourth-order valence-corrected chi connectivity index (χ4v) is 5.12. The first-order valence-corrected chi connectivity index (χ1v) is 14.0. The number of nitrogens with one attached hydrogen (secondary N) is 1. The first kappa shape index (κ1) is 31.8. The van der Waals surface area contributed by atoms with Gasteiger partial charge in [-0.25, -0.2) is 9.59 Å². The number of Topliss-reactive ketones (excluding diaryl/α,β-unsaturated/α-hetero) is 3. The molecule has 12 heteroatoms. The summed E-state index contributed by atoms with van der Waals surface area (Å²) in [5.41, 5.74) is 3.02. The minimum Gasteiger partial charge on any atom is -0.477 e. The van der Waals surface area contributed by atoms with E-state index in [1.807, 2.05) is 0 Å². The van der Waals surface area contributed by atoms with Crippen LogP contribution in [-0.4, -0.2) is 58.4 Å². The fraction of sp³-hybridized carbons (Fsp3) is 0.344. The van der Waals surface area contributed by atoms with Gasteiger partial charge in [0.05, 0.1) is 22.8 Å². The molecule has 0 atom stereocenters. The number of aromatic nitrogens is 4. The van der Waals surface area contributed by atoms with Crippen LogP contribution in [0.25, 0.3) is 0 Å². The van der Waals surface area contributed by atoms with E-state index in [4.69, 9.17) is 4.74 Å². The zero-order valence-electron chi connectivity index (χ0n) is 25.9. The zero-order valence-corrected chi connectivity index (χ0v) is 25.9. The van der Waals surface area contributed by atoms with E-state index in [1.165, 1.54) is 10.6 Å². The molecule has 0 radical (unpaired) electrons. The lowest BCUT2D eigenvalue weighted by Gasteiger charge is -2.19. The molecule has 0 spiro atoms. The number of ether oxygens (including phenoxy) is 1. The molecule has 1 amide bonds. The number of rotatable bonds is 11. The molecule has 4 rings (SSSR count). The topological polar surface area (TPSA) is 147 Å². The third-order valence-electron chi connectivity index (χ3n) is 7.01. The molecule has 0 unspecified atom stereocenters. The Morgan fingerprint density at radius 2 is 1.00 bits per heavy atom. The Morgan fingerprint density at radius 3 is 1.39 bits per heavy atom. The molecule has 0 aromatic carbocycles. The van der Waals surface area contributed by atoms with Gasteiger partial charge >= 0.3 is 12.1 Å². The molecule has 4 heterocycles. The van der Waals surface area contributed by atoms with Gasteiger partial charge in [0.25, 0.3) is 0 Å².